The van der Waals surface area contributed by atoms with Crippen LogP contribution in [0.5, 0.6) is 0 Å². The standard InChI is InChI=1S/C4H7ClO.C2H4O2/c1-3(2)4(5)6;1-2(3)4/h3H,1-2H3;1H3,(H,3,4). The van der Waals surface area contributed by atoms with Crippen molar-refractivity contribution in [2.45, 2.75) is 20.8 Å². The molecule has 0 aliphatic heterocycles. The van der Waals surface area contributed by atoms with Crippen molar-refractivity contribution in [1.82, 2.24) is 0 Å². The molecule has 0 rings (SSSR count). The van der Waals surface area contributed by atoms with Crippen LogP contribution >= 0.6 is 11.6 Å². The SMILES string of the molecule is CC(=O)O.CC(C)C(=O)Cl. The van der Waals surface area contributed by atoms with E-state index in [0.29, 0.717) is 0 Å². The molecule has 0 aliphatic carbocycles. The van der Waals surface area contributed by atoms with Crippen LogP contribution in [0, 0.1) is 5.92 Å². The largest absolute Gasteiger partial charge is 0.481 e. The van der Waals surface area contributed by atoms with Crippen molar-refractivity contribution < 1.29 is 14.7 Å². The molecule has 0 fully saturated rings. The summed E-state index contributed by atoms with van der Waals surface area (Å²) in [7, 11) is 0. The van der Waals surface area contributed by atoms with Gasteiger partial charge in [0, 0.05) is 12.8 Å². The van der Waals surface area contributed by atoms with Gasteiger partial charge in [0.2, 0.25) is 5.24 Å². The Morgan fingerprint density at radius 2 is 1.50 bits per heavy atom. The smallest absolute Gasteiger partial charge is 0.300 e. The summed E-state index contributed by atoms with van der Waals surface area (Å²) in [6.45, 7) is 4.60. The third kappa shape index (κ3) is 26.1. The number of carboxylic acid groups (broad SMARTS) is 1. The summed E-state index contributed by atoms with van der Waals surface area (Å²) >= 11 is 4.97. The molecule has 0 atom stereocenters. The lowest BCUT2D eigenvalue weighted by molar-refractivity contribution is -0.134. The Morgan fingerprint density at radius 1 is 1.40 bits per heavy atom. The van der Waals surface area contributed by atoms with Crippen LogP contribution in [0.2, 0.25) is 0 Å². The zero-order valence-electron chi connectivity index (χ0n) is 6.22. The van der Waals surface area contributed by atoms with Crippen molar-refractivity contribution in [2.75, 3.05) is 0 Å². The van der Waals surface area contributed by atoms with Crippen LogP contribution in [-0.2, 0) is 9.59 Å². The first-order chi connectivity index (χ1) is 4.37. The molecule has 0 heterocycles. The van der Waals surface area contributed by atoms with Crippen LogP contribution in [0.25, 0.3) is 0 Å². The van der Waals surface area contributed by atoms with Gasteiger partial charge in [-0.3, -0.25) is 9.59 Å². The Balaban J connectivity index is 0. The highest BCUT2D eigenvalue weighted by molar-refractivity contribution is 6.63. The van der Waals surface area contributed by atoms with Crippen molar-refractivity contribution >= 4 is 22.8 Å². The third-order valence-corrected chi connectivity index (χ3v) is 0.890. The van der Waals surface area contributed by atoms with Gasteiger partial charge in [-0.15, -0.1) is 0 Å². The molecule has 0 aliphatic rings. The molecule has 0 aromatic carbocycles. The lowest BCUT2D eigenvalue weighted by Gasteiger charge is -1.88. The van der Waals surface area contributed by atoms with E-state index >= 15 is 0 Å². The second-order valence-electron chi connectivity index (χ2n) is 1.98. The first-order valence-electron chi connectivity index (χ1n) is 2.76. The van der Waals surface area contributed by atoms with Gasteiger partial charge in [-0.25, -0.2) is 0 Å². The van der Waals surface area contributed by atoms with Gasteiger partial charge in [0.05, 0.1) is 0 Å². The minimum atomic E-state index is -0.833. The fourth-order valence-electron chi connectivity index (χ4n) is 0. The number of carbonyl (C=O) groups is 2. The highest BCUT2D eigenvalue weighted by Crippen LogP contribution is 1.95. The van der Waals surface area contributed by atoms with Crippen molar-refractivity contribution in [2.24, 2.45) is 5.92 Å². The molecular weight excluding hydrogens is 156 g/mol. The quantitative estimate of drug-likeness (QED) is 0.601. The van der Waals surface area contributed by atoms with Gasteiger partial charge < -0.3 is 5.11 Å². The number of rotatable bonds is 1. The second kappa shape index (κ2) is 6.55. The molecular formula is C6H11ClO3. The van der Waals surface area contributed by atoms with E-state index in [9.17, 15) is 4.79 Å². The molecule has 3 nitrogen and oxygen atoms in total. The molecule has 60 valence electrons. The number of hydrogen-bond acceptors (Lipinski definition) is 2. The summed E-state index contributed by atoms with van der Waals surface area (Å²) in [6, 6.07) is 0. The van der Waals surface area contributed by atoms with Crippen LogP contribution in [0.4, 0.5) is 0 Å². The fraction of sp³-hybridized carbons (Fsp3) is 0.667. The van der Waals surface area contributed by atoms with E-state index in [1.54, 1.807) is 13.8 Å². The average molecular weight is 167 g/mol. The first kappa shape index (κ1) is 12.1. The summed E-state index contributed by atoms with van der Waals surface area (Å²) < 4.78 is 0. The van der Waals surface area contributed by atoms with Crippen molar-refractivity contribution in [3.63, 3.8) is 0 Å². The number of halogens is 1. The highest BCUT2D eigenvalue weighted by atomic mass is 35.5. The van der Waals surface area contributed by atoms with E-state index in [0.717, 1.165) is 6.92 Å². The summed E-state index contributed by atoms with van der Waals surface area (Å²) in [5.74, 6) is -0.855. The first-order valence-corrected chi connectivity index (χ1v) is 3.14. The van der Waals surface area contributed by atoms with Gasteiger partial charge in [-0.05, 0) is 11.6 Å². The Bertz CT molecular complexity index is 116. The lowest BCUT2D eigenvalue weighted by Crippen LogP contribution is -1.95. The maximum Gasteiger partial charge on any atom is 0.300 e. The summed E-state index contributed by atoms with van der Waals surface area (Å²) in [5, 5.41) is 7.15. The zero-order valence-corrected chi connectivity index (χ0v) is 6.97. The average Bonchev–Trinajstić information content (AvgIpc) is 1.63. The van der Waals surface area contributed by atoms with E-state index in [-0.39, 0.29) is 11.2 Å². The Hall–Kier alpha value is -0.570. The predicted molar refractivity (Wildman–Crippen MR) is 39.0 cm³/mol. The molecule has 1 N–H and O–H groups in total. The molecule has 0 bridgehead atoms. The molecule has 0 radical (unpaired) electrons. The number of carbonyl (C=O) groups excluding carboxylic acids is 1. The van der Waals surface area contributed by atoms with Crippen LogP contribution in [-0.4, -0.2) is 16.3 Å². The van der Waals surface area contributed by atoms with Gasteiger partial charge in [0.1, 0.15) is 0 Å². The third-order valence-electron chi connectivity index (χ3n) is 0.454. The Labute approximate surface area is 65.0 Å². The molecule has 0 saturated heterocycles. The van der Waals surface area contributed by atoms with Crippen molar-refractivity contribution in [1.29, 1.82) is 0 Å². The molecule has 0 unspecified atom stereocenters. The monoisotopic (exact) mass is 166 g/mol. The van der Waals surface area contributed by atoms with E-state index in [1.165, 1.54) is 0 Å². The number of aliphatic carboxylic acids is 1. The molecule has 0 saturated carbocycles. The maximum absolute atomic E-state index is 9.91. The van der Waals surface area contributed by atoms with Crippen LogP contribution in [0.3, 0.4) is 0 Å². The van der Waals surface area contributed by atoms with Crippen LogP contribution < -0.4 is 0 Å². The molecule has 0 amide bonds. The number of carboxylic acids is 1. The fourth-order valence-corrected chi connectivity index (χ4v) is 0. The van der Waals surface area contributed by atoms with E-state index < -0.39 is 5.97 Å². The zero-order chi connectivity index (χ0) is 8.73. The van der Waals surface area contributed by atoms with Crippen molar-refractivity contribution in [3.8, 4) is 0 Å². The van der Waals surface area contributed by atoms with Gasteiger partial charge in [0.15, 0.2) is 0 Å². The molecule has 0 aromatic heterocycles. The van der Waals surface area contributed by atoms with E-state index in [1.807, 2.05) is 0 Å². The second-order valence-corrected chi connectivity index (χ2v) is 2.35. The van der Waals surface area contributed by atoms with Gasteiger partial charge >= 0.3 is 0 Å². The summed E-state index contributed by atoms with van der Waals surface area (Å²) in [4.78, 5) is 18.9. The molecule has 0 aromatic rings. The van der Waals surface area contributed by atoms with Gasteiger partial charge in [0.25, 0.3) is 5.97 Å². The van der Waals surface area contributed by atoms with Gasteiger partial charge in [-0.1, -0.05) is 13.8 Å². The molecule has 10 heavy (non-hydrogen) atoms. The number of hydrogen-bond donors (Lipinski definition) is 1. The topological polar surface area (TPSA) is 54.4 Å². The van der Waals surface area contributed by atoms with Crippen LogP contribution in [0.15, 0.2) is 0 Å². The summed E-state index contributed by atoms with van der Waals surface area (Å²) in [5.41, 5.74) is 0. The predicted octanol–water partition coefficient (Wildman–Crippen LogP) is 1.50. The molecule has 4 heteroatoms. The van der Waals surface area contributed by atoms with Gasteiger partial charge in [-0.2, -0.15) is 0 Å². The van der Waals surface area contributed by atoms with Crippen LogP contribution in [0.1, 0.15) is 20.8 Å². The Kier molecular flexibility index (Phi) is 7.95. The van der Waals surface area contributed by atoms with E-state index in [4.69, 9.17) is 21.5 Å². The lowest BCUT2D eigenvalue weighted by atomic mass is 10.3. The minimum Gasteiger partial charge on any atom is -0.481 e. The minimum absolute atomic E-state index is 0.0216. The summed E-state index contributed by atoms with van der Waals surface area (Å²) in [6.07, 6.45) is 0. The normalized spacial score (nSPS) is 8.10. The maximum atomic E-state index is 9.91. The van der Waals surface area contributed by atoms with Crippen molar-refractivity contribution in [3.05, 3.63) is 0 Å². The Morgan fingerprint density at radius 3 is 1.50 bits per heavy atom. The highest BCUT2D eigenvalue weighted by Gasteiger charge is 1.98. The molecule has 0 spiro atoms. The van der Waals surface area contributed by atoms with E-state index in [2.05, 4.69) is 0 Å².